The molecule has 0 bridgehead atoms. The van der Waals surface area contributed by atoms with Crippen LogP contribution in [-0.4, -0.2) is 48.5 Å². The minimum atomic E-state index is -0.0329. The van der Waals surface area contributed by atoms with Gasteiger partial charge in [0, 0.05) is 25.7 Å². The molecule has 0 atom stereocenters. The maximum atomic E-state index is 9.44. The highest BCUT2D eigenvalue weighted by Crippen LogP contribution is 2.23. The van der Waals surface area contributed by atoms with Crippen molar-refractivity contribution >= 4 is 0 Å². The standard InChI is InChI=1S/C11H21NO2/c13-11-4-2-10(3-5-11)12-6-1-8-14-9-7-12/h10-11,13H,1-9H2. The van der Waals surface area contributed by atoms with Gasteiger partial charge in [-0.05, 0) is 32.1 Å². The Balaban J connectivity index is 1.81. The van der Waals surface area contributed by atoms with Gasteiger partial charge in [-0.15, -0.1) is 0 Å². The first-order chi connectivity index (χ1) is 6.86. The van der Waals surface area contributed by atoms with Crippen molar-refractivity contribution in [3.8, 4) is 0 Å². The first-order valence-electron chi connectivity index (χ1n) is 5.86. The van der Waals surface area contributed by atoms with Crippen molar-refractivity contribution in [1.29, 1.82) is 0 Å². The zero-order chi connectivity index (χ0) is 9.80. The van der Waals surface area contributed by atoms with Gasteiger partial charge in [-0.3, -0.25) is 4.90 Å². The number of aliphatic hydroxyl groups excluding tert-OH is 1. The molecule has 0 aromatic heterocycles. The van der Waals surface area contributed by atoms with E-state index in [1.54, 1.807) is 0 Å². The van der Waals surface area contributed by atoms with Crippen molar-refractivity contribution in [2.45, 2.75) is 44.2 Å². The number of nitrogens with zero attached hydrogens (tertiary/aromatic N) is 1. The van der Waals surface area contributed by atoms with E-state index < -0.39 is 0 Å². The first kappa shape index (κ1) is 10.4. The Morgan fingerprint density at radius 3 is 2.57 bits per heavy atom. The molecule has 1 saturated heterocycles. The second-order valence-electron chi connectivity index (χ2n) is 4.46. The van der Waals surface area contributed by atoms with E-state index in [0.29, 0.717) is 6.04 Å². The summed E-state index contributed by atoms with van der Waals surface area (Å²) in [7, 11) is 0. The van der Waals surface area contributed by atoms with E-state index in [4.69, 9.17) is 4.74 Å². The average Bonchev–Trinajstić information content (AvgIpc) is 2.47. The summed E-state index contributed by atoms with van der Waals surface area (Å²) in [6.45, 7) is 4.08. The highest BCUT2D eigenvalue weighted by atomic mass is 16.5. The Labute approximate surface area is 86.0 Å². The molecule has 1 N–H and O–H groups in total. The lowest BCUT2D eigenvalue weighted by molar-refractivity contribution is 0.0702. The second kappa shape index (κ2) is 5.10. The summed E-state index contributed by atoms with van der Waals surface area (Å²) in [5, 5.41) is 9.44. The fourth-order valence-electron chi connectivity index (χ4n) is 2.55. The van der Waals surface area contributed by atoms with Crippen molar-refractivity contribution in [2.75, 3.05) is 26.3 Å². The molecule has 2 rings (SSSR count). The van der Waals surface area contributed by atoms with Crippen LogP contribution in [0.2, 0.25) is 0 Å². The van der Waals surface area contributed by atoms with Gasteiger partial charge in [0.05, 0.1) is 12.7 Å². The molecule has 1 aliphatic carbocycles. The second-order valence-corrected chi connectivity index (χ2v) is 4.46. The van der Waals surface area contributed by atoms with Gasteiger partial charge in [-0.2, -0.15) is 0 Å². The fraction of sp³-hybridized carbons (Fsp3) is 1.00. The average molecular weight is 199 g/mol. The Morgan fingerprint density at radius 2 is 1.79 bits per heavy atom. The van der Waals surface area contributed by atoms with Crippen LogP contribution in [0.1, 0.15) is 32.1 Å². The number of ether oxygens (including phenoxy) is 1. The van der Waals surface area contributed by atoms with Crippen molar-refractivity contribution in [3.63, 3.8) is 0 Å². The van der Waals surface area contributed by atoms with Crippen LogP contribution in [0.4, 0.5) is 0 Å². The quantitative estimate of drug-likeness (QED) is 0.684. The van der Waals surface area contributed by atoms with E-state index in [2.05, 4.69) is 4.90 Å². The molecule has 0 unspecified atom stereocenters. The van der Waals surface area contributed by atoms with E-state index in [9.17, 15) is 5.11 Å². The number of hydrogen-bond acceptors (Lipinski definition) is 3. The molecule has 14 heavy (non-hydrogen) atoms. The molecule has 2 aliphatic rings. The molecule has 0 radical (unpaired) electrons. The molecule has 1 saturated carbocycles. The Bertz CT molecular complexity index is 159. The summed E-state index contributed by atoms with van der Waals surface area (Å²) < 4.78 is 5.45. The Kier molecular flexibility index (Phi) is 3.79. The Morgan fingerprint density at radius 1 is 1.00 bits per heavy atom. The monoisotopic (exact) mass is 199 g/mol. The van der Waals surface area contributed by atoms with Gasteiger partial charge in [0.2, 0.25) is 0 Å². The summed E-state index contributed by atoms with van der Waals surface area (Å²) in [4.78, 5) is 2.55. The van der Waals surface area contributed by atoms with Crippen molar-refractivity contribution in [1.82, 2.24) is 4.90 Å². The van der Waals surface area contributed by atoms with Crippen LogP contribution in [-0.2, 0) is 4.74 Å². The van der Waals surface area contributed by atoms with Gasteiger partial charge >= 0.3 is 0 Å². The van der Waals surface area contributed by atoms with E-state index in [1.807, 2.05) is 0 Å². The Hall–Kier alpha value is -0.120. The summed E-state index contributed by atoms with van der Waals surface area (Å²) in [6, 6.07) is 0.708. The summed E-state index contributed by atoms with van der Waals surface area (Å²) >= 11 is 0. The normalized spacial score (nSPS) is 36.6. The van der Waals surface area contributed by atoms with Gasteiger partial charge in [0.15, 0.2) is 0 Å². The third-order valence-corrected chi connectivity index (χ3v) is 3.44. The lowest BCUT2D eigenvalue weighted by Crippen LogP contribution is -2.40. The highest BCUT2D eigenvalue weighted by molar-refractivity contribution is 4.80. The molecule has 82 valence electrons. The molecule has 1 heterocycles. The molecule has 3 heteroatoms. The zero-order valence-electron chi connectivity index (χ0n) is 8.82. The first-order valence-corrected chi connectivity index (χ1v) is 5.86. The van der Waals surface area contributed by atoms with Crippen LogP contribution in [0, 0.1) is 0 Å². The van der Waals surface area contributed by atoms with Gasteiger partial charge in [0.25, 0.3) is 0 Å². The van der Waals surface area contributed by atoms with Crippen LogP contribution in [0.15, 0.2) is 0 Å². The predicted molar refractivity (Wildman–Crippen MR) is 55.3 cm³/mol. The van der Waals surface area contributed by atoms with Crippen LogP contribution >= 0.6 is 0 Å². The molecule has 0 aromatic carbocycles. The minimum Gasteiger partial charge on any atom is -0.393 e. The van der Waals surface area contributed by atoms with Crippen molar-refractivity contribution < 1.29 is 9.84 Å². The van der Waals surface area contributed by atoms with E-state index >= 15 is 0 Å². The van der Waals surface area contributed by atoms with Crippen LogP contribution in [0.5, 0.6) is 0 Å². The lowest BCUT2D eigenvalue weighted by atomic mass is 9.92. The van der Waals surface area contributed by atoms with Crippen LogP contribution < -0.4 is 0 Å². The predicted octanol–water partition coefficient (Wildman–Crippen LogP) is 1.01. The zero-order valence-corrected chi connectivity index (χ0v) is 8.82. The molecular formula is C11H21NO2. The minimum absolute atomic E-state index is 0.0329. The molecule has 3 nitrogen and oxygen atoms in total. The van der Waals surface area contributed by atoms with Gasteiger partial charge in [-0.1, -0.05) is 0 Å². The van der Waals surface area contributed by atoms with Crippen molar-refractivity contribution in [2.24, 2.45) is 0 Å². The van der Waals surface area contributed by atoms with Gasteiger partial charge in [-0.25, -0.2) is 0 Å². The van der Waals surface area contributed by atoms with E-state index in [-0.39, 0.29) is 6.10 Å². The molecular weight excluding hydrogens is 178 g/mol. The van der Waals surface area contributed by atoms with Crippen molar-refractivity contribution in [3.05, 3.63) is 0 Å². The summed E-state index contributed by atoms with van der Waals surface area (Å²) in [6.07, 6.45) is 5.44. The highest BCUT2D eigenvalue weighted by Gasteiger charge is 2.24. The third-order valence-electron chi connectivity index (χ3n) is 3.44. The third kappa shape index (κ3) is 2.69. The number of hydrogen-bond donors (Lipinski definition) is 1. The maximum Gasteiger partial charge on any atom is 0.0593 e. The number of aliphatic hydroxyl groups is 1. The smallest absolute Gasteiger partial charge is 0.0593 e. The SMILES string of the molecule is OC1CCC(N2CCCOCC2)CC1. The largest absolute Gasteiger partial charge is 0.393 e. The van der Waals surface area contributed by atoms with Gasteiger partial charge in [0.1, 0.15) is 0 Å². The maximum absolute atomic E-state index is 9.44. The topological polar surface area (TPSA) is 32.7 Å². The molecule has 0 spiro atoms. The lowest BCUT2D eigenvalue weighted by Gasteiger charge is -2.34. The summed E-state index contributed by atoms with van der Waals surface area (Å²) in [5.41, 5.74) is 0. The van der Waals surface area contributed by atoms with E-state index in [0.717, 1.165) is 32.6 Å². The van der Waals surface area contributed by atoms with Gasteiger partial charge < -0.3 is 9.84 Å². The molecule has 0 amide bonds. The van der Waals surface area contributed by atoms with E-state index in [1.165, 1.54) is 25.8 Å². The molecule has 0 aromatic rings. The number of rotatable bonds is 1. The van der Waals surface area contributed by atoms with Crippen LogP contribution in [0.3, 0.4) is 0 Å². The molecule has 2 fully saturated rings. The fourth-order valence-corrected chi connectivity index (χ4v) is 2.55. The molecule has 1 aliphatic heterocycles. The van der Waals surface area contributed by atoms with Crippen LogP contribution in [0.25, 0.3) is 0 Å². The summed E-state index contributed by atoms with van der Waals surface area (Å²) in [5.74, 6) is 0.